The minimum absolute atomic E-state index is 0.0483. The van der Waals surface area contributed by atoms with Crippen LogP contribution < -0.4 is 5.32 Å². The number of hydrogen-bond acceptors (Lipinski definition) is 7. The van der Waals surface area contributed by atoms with Crippen molar-refractivity contribution in [2.45, 2.75) is 24.8 Å². The molecule has 1 saturated heterocycles. The summed E-state index contributed by atoms with van der Waals surface area (Å²) in [5.41, 5.74) is 2.05. The van der Waals surface area contributed by atoms with Gasteiger partial charge in [0.15, 0.2) is 0 Å². The van der Waals surface area contributed by atoms with E-state index in [2.05, 4.69) is 5.32 Å². The molecule has 10 heteroatoms. The standard InChI is InChI=1S/C25H23FN2O6S/c1-15(29)33-12-18-14-35-24-22(27-21(30)11-16-5-3-2-4-6-16)23(31)28(24)20(18)13-34-25(32)17-7-9-19(26)10-8-17/h2-10,22,24H,11-14H2,1H3,(H,27,30)/t22-,24-/m1/s1. The van der Waals surface area contributed by atoms with Gasteiger partial charge in [0.1, 0.15) is 30.4 Å². The van der Waals surface area contributed by atoms with Crippen molar-refractivity contribution in [3.05, 3.63) is 82.8 Å². The average Bonchev–Trinajstić information content (AvgIpc) is 2.85. The third-order valence-corrected chi connectivity index (χ3v) is 6.90. The molecule has 1 N–H and O–H groups in total. The number of halogens is 1. The lowest BCUT2D eigenvalue weighted by atomic mass is 10.0. The molecule has 2 aliphatic rings. The van der Waals surface area contributed by atoms with Crippen LogP contribution in [0.5, 0.6) is 0 Å². The first-order valence-corrected chi connectivity index (χ1v) is 11.9. The SMILES string of the molecule is CC(=O)OCC1=C(COC(=O)c2ccc(F)cc2)N2C(=O)[C@@H](NC(=O)Cc3ccccc3)[C@H]2SC1. The molecule has 2 heterocycles. The van der Waals surface area contributed by atoms with Gasteiger partial charge in [-0.3, -0.25) is 19.3 Å². The molecule has 35 heavy (non-hydrogen) atoms. The minimum Gasteiger partial charge on any atom is -0.461 e. The van der Waals surface area contributed by atoms with Crippen LogP contribution in [-0.4, -0.2) is 59.0 Å². The van der Waals surface area contributed by atoms with Gasteiger partial charge in [0, 0.05) is 18.2 Å². The Kier molecular flexibility index (Phi) is 7.50. The third-order valence-electron chi connectivity index (χ3n) is 5.56. The molecule has 0 aliphatic carbocycles. The predicted molar refractivity (Wildman–Crippen MR) is 126 cm³/mol. The number of rotatable bonds is 8. The zero-order valence-corrected chi connectivity index (χ0v) is 19.7. The van der Waals surface area contributed by atoms with Crippen molar-refractivity contribution in [2.24, 2.45) is 0 Å². The number of nitrogens with one attached hydrogen (secondary N) is 1. The summed E-state index contributed by atoms with van der Waals surface area (Å²) in [6.45, 7) is 0.994. The van der Waals surface area contributed by atoms with E-state index in [0.717, 1.165) is 17.7 Å². The van der Waals surface area contributed by atoms with Crippen LogP contribution in [0.1, 0.15) is 22.8 Å². The van der Waals surface area contributed by atoms with Gasteiger partial charge in [0.25, 0.3) is 5.91 Å². The van der Waals surface area contributed by atoms with E-state index in [0.29, 0.717) is 17.0 Å². The van der Waals surface area contributed by atoms with Crippen LogP contribution in [0, 0.1) is 5.82 Å². The Balaban J connectivity index is 1.45. The Morgan fingerprint density at radius 1 is 1.06 bits per heavy atom. The second kappa shape index (κ2) is 10.7. The van der Waals surface area contributed by atoms with Crippen LogP contribution in [0.15, 0.2) is 65.9 Å². The van der Waals surface area contributed by atoms with E-state index in [1.54, 1.807) is 0 Å². The van der Waals surface area contributed by atoms with E-state index in [9.17, 15) is 23.6 Å². The molecule has 0 saturated carbocycles. The smallest absolute Gasteiger partial charge is 0.338 e. The van der Waals surface area contributed by atoms with E-state index in [-0.39, 0.29) is 42.4 Å². The van der Waals surface area contributed by atoms with Crippen molar-refractivity contribution in [2.75, 3.05) is 19.0 Å². The topological polar surface area (TPSA) is 102 Å². The molecule has 0 unspecified atom stereocenters. The molecular formula is C25H23FN2O6S. The normalized spacial score (nSPS) is 18.9. The summed E-state index contributed by atoms with van der Waals surface area (Å²) in [7, 11) is 0. The Hall–Kier alpha value is -3.66. The molecule has 0 aromatic heterocycles. The predicted octanol–water partition coefficient (Wildman–Crippen LogP) is 2.44. The second-order valence-corrected chi connectivity index (χ2v) is 9.14. The second-order valence-electron chi connectivity index (χ2n) is 8.03. The molecule has 0 bridgehead atoms. The lowest BCUT2D eigenvalue weighted by molar-refractivity contribution is -0.146. The van der Waals surface area contributed by atoms with Crippen LogP contribution in [0.2, 0.25) is 0 Å². The highest BCUT2D eigenvalue weighted by atomic mass is 32.2. The van der Waals surface area contributed by atoms with E-state index < -0.39 is 23.8 Å². The lowest BCUT2D eigenvalue weighted by Gasteiger charge is -2.50. The average molecular weight is 499 g/mol. The number of benzene rings is 2. The highest BCUT2D eigenvalue weighted by molar-refractivity contribution is 8.00. The molecule has 2 aromatic carbocycles. The van der Waals surface area contributed by atoms with Crippen LogP contribution in [-0.2, 0) is 30.3 Å². The first-order chi connectivity index (χ1) is 16.8. The van der Waals surface area contributed by atoms with Gasteiger partial charge in [-0.05, 0) is 29.8 Å². The summed E-state index contributed by atoms with van der Waals surface area (Å²) >= 11 is 1.43. The van der Waals surface area contributed by atoms with E-state index >= 15 is 0 Å². The largest absolute Gasteiger partial charge is 0.461 e. The van der Waals surface area contributed by atoms with E-state index in [1.807, 2.05) is 30.3 Å². The summed E-state index contributed by atoms with van der Waals surface area (Å²) in [6.07, 6.45) is 0.150. The fourth-order valence-corrected chi connectivity index (χ4v) is 5.17. The number of esters is 2. The van der Waals surface area contributed by atoms with E-state index in [1.165, 1.54) is 35.7 Å². The highest BCUT2D eigenvalue weighted by Gasteiger charge is 2.52. The molecule has 8 nitrogen and oxygen atoms in total. The van der Waals surface area contributed by atoms with Gasteiger partial charge in [-0.1, -0.05) is 30.3 Å². The van der Waals surface area contributed by atoms with Crippen LogP contribution in [0.4, 0.5) is 4.39 Å². The summed E-state index contributed by atoms with van der Waals surface area (Å²) in [5.74, 6) is -1.82. The maximum atomic E-state index is 13.1. The molecule has 2 amide bonds. The van der Waals surface area contributed by atoms with Gasteiger partial charge >= 0.3 is 11.9 Å². The van der Waals surface area contributed by atoms with Crippen LogP contribution in [0.25, 0.3) is 0 Å². The van der Waals surface area contributed by atoms with Crippen molar-refractivity contribution in [1.29, 1.82) is 0 Å². The molecule has 2 aliphatic heterocycles. The maximum Gasteiger partial charge on any atom is 0.338 e. The van der Waals surface area contributed by atoms with Gasteiger partial charge in [0.2, 0.25) is 5.91 Å². The molecule has 0 radical (unpaired) electrons. The number of fused-ring (bicyclic) bond motifs is 1. The zero-order valence-electron chi connectivity index (χ0n) is 18.9. The molecule has 2 atom stereocenters. The number of thioether (sulfide) groups is 1. The maximum absolute atomic E-state index is 13.1. The summed E-state index contributed by atoms with van der Waals surface area (Å²) in [5, 5.41) is 2.42. The third kappa shape index (κ3) is 5.71. The molecular weight excluding hydrogens is 475 g/mol. The van der Waals surface area contributed by atoms with Gasteiger partial charge in [0.05, 0.1) is 17.7 Å². The Morgan fingerprint density at radius 2 is 1.77 bits per heavy atom. The van der Waals surface area contributed by atoms with Crippen molar-refractivity contribution in [3.63, 3.8) is 0 Å². The first-order valence-electron chi connectivity index (χ1n) is 10.9. The van der Waals surface area contributed by atoms with E-state index in [4.69, 9.17) is 9.47 Å². The van der Waals surface area contributed by atoms with Gasteiger partial charge in [-0.15, -0.1) is 11.8 Å². The van der Waals surface area contributed by atoms with Crippen molar-refractivity contribution >= 4 is 35.5 Å². The number of carbonyl (C=O) groups is 4. The van der Waals surface area contributed by atoms with Crippen molar-refractivity contribution in [1.82, 2.24) is 10.2 Å². The fourth-order valence-electron chi connectivity index (χ4n) is 3.79. The van der Waals surface area contributed by atoms with Crippen LogP contribution >= 0.6 is 11.8 Å². The number of amides is 2. The zero-order chi connectivity index (χ0) is 24.9. The Labute approximate surface area is 205 Å². The highest BCUT2D eigenvalue weighted by Crippen LogP contribution is 2.40. The van der Waals surface area contributed by atoms with Crippen molar-refractivity contribution in [3.8, 4) is 0 Å². The lowest BCUT2D eigenvalue weighted by Crippen LogP contribution is -2.70. The summed E-state index contributed by atoms with van der Waals surface area (Å²) in [6, 6.07) is 13.4. The minimum atomic E-state index is -0.714. The number of ether oxygens (including phenoxy) is 2. The molecule has 4 rings (SSSR count). The summed E-state index contributed by atoms with van der Waals surface area (Å²) in [4.78, 5) is 50.7. The molecule has 182 valence electrons. The number of carbonyl (C=O) groups excluding carboxylic acids is 4. The Morgan fingerprint density at radius 3 is 2.46 bits per heavy atom. The van der Waals surface area contributed by atoms with Crippen molar-refractivity contribution < 1.29 is 33.0 Å². The number of hydrogen-bond donors (Lipinski definition) is 1. The van der Waals surface area contributed by atoms with Crippen LogP contribution in [0.3, 0.4) is 0 Å². The number of β-lactam (4-membered cyclic amide) rings is 1. The summed E-state index contributed by atoms with van der Waals surface area (Å²) < 4.78 is 23.7. The Bertz CT molecular complexity index is 1170. The molecule has 0 spiro atoms. The van der Waals surface area contributed by atoms with Gasteiger partial charge in [-0.2, -0.15) is 0 Å². The van der Waals surface area contributed by atoms with Gasteiger partial charge in [-0.25, -0.2) is 9.18 Å². The quantitative estimate of drug-likeness (QED) is 0.441. The molecule has 1 fully saturated rings. The number of nitrogens with zero attached hydrogens (tertiary/aromatic N) is 1. The fraction of sp³-hybridized carbons (Fsp3) is 0.280. The monoisotopic (exact) mass is 498 g/mol. The molecule has 2 aromatic rings. The van der Waals surface area contributed by atoms with Gasteiger partial charge < -0.3 is 14.8 Å². The first kappa shape index (κ1) is 24.5.